The van der Waals surface area contributed by atoms with Gasteiger partial charge in [0.2, 0.25) is 0 Å². The number of carbonyl (C=O) groups is 1. The minimum Gasteiger partial charge on any atom is -0.486 e. The Balaban J connectivity index is 1.11. The SMILES string of the molecule is C[C@@H](COC1CCN(C2CCN(C3CCC(C#N)C4(CCCCCCCCCC4)N3)CC2)C1=O)Oc1cn[nH]c(=O)c1C(F)(F)F. The average molecular weight is 651 g/mol. The van der Waals surface area contributed by atoms with Crippen LogP contribution in [0.1, 0.15) is 109 Å². The molecule has 46 heavy (non-hydrogen) atoms. The normalized spacial score (nSPS) is 28.0. The van der Waals surface area contributed by atoms with Gasteiger partial charge in [-0.15, -0.1) is 0 Å². The van der Waals surface area contributed by atoms with Crippen LogP contribution in [-0.2, 0) is 15.7 Å². The van der Waals surface area contributed by atoms with Crippen LogP contribution < -0.4 is 15.6 Å². The summed E-state index contributed by atoms with van der Waals surface area (Å²) in [5.74, 6) is -0.715. The Morgan fingerprint density at radius 1 is 1.00 bits per heavy atom. The van der Waals surface area contributed by atoms with Crippen LogP contribution in [0.15, 0.2) is 11.0 Å². The standard InChI is InChI=1S/C33H49F3N6O4/c1-23(46-27-21-38-40-30(43)29(27)33(34,35)36)22-45-26-14-19-42(31(26)44)25-12-17-41(18-13-25)28-11-10-24(20-37)32(39-28)15-8-6-4-2-3-5-7-9-16-32/h21,23-26,28,39H,2-19,22H2,1H3,(H,40,43)/t23-,24?,26?,28?/m0/s1. The monoisotopic (exact) mass is 650 g/mol. The van der Waals surface area contributed by atoms with E-state index < -0.39 is 35.3 Å². The molecule has 1 spiro atoms. The number of aromatic nitrogens is 2. The van der Waals surface area contributed by atoms with E-state index in [-0.39, 0.29) is 36.2 Å². The van der Waals surface area contributed by atoms with E-state index in [0.717, 1.165) is 57.8 Å². The first kappa shape index (κ1) is 34.6. The average Bonchev–Trinajstić information content (AvgIpc) is 3.37. The molecule has 13 heteroatoms. The smallest absolute Gasteiger partial charge is 0.425 e. The lowest BCUT2D eigenvalue weighted by molar-refractivity contribution is -0.142. The topological polar surface area (TPSA) is 124 Å². The van der Waals surface area contributed by atoms with Gasteiger partial charge in [-0.2, -0.15) is 23.5 Å². The summed E-state index contributed by atoms with van der Waals surface area (Å²) in [4.78, 5) is 29.4. The molecule has 1 aromatic heterocycles. The van der Waals surface area contributed by atoms with Crippen molar-refractivity contribution >= 4 is 5.91 Å². The van der Waals surface area contributed by atoms with Gasteiger partial charge in [-0.1, -0.05) is 51.4 Å². The Labute approximate surface area is 269 Å². The second-order valence-electron chi connectivity index (χ2n) is 13.7. The highest BCUT2D eigenvalue weighted by Crippen LogP contribution is 2.39. The van der Waals surface area contributed by atoms with Crippen molar-refractivity contribution in [2.45, 2.75) is 139 Å². The molecule has 1 aliphatic carbocycles. The molecular formula is C33H49F3N6O4. The fourth-order valence-corrected chi connectivity index (χ4v) is 8.07. The first-order valence-corrected chi connectivity index (χ1v) is 17.3. The molecule has 256 valence electrons. The molecule has 0 aromatic carbocycles. The number of likely N-dealkylation sites (tertiary alicyclic amines) is 2. The molecular weight excluding hydrogens is 601 g/mol. The summed E-state index contributed by atoms with van der Waals surface area (Å²) in [6.07, 6.45) is 10.9. The van der Waals surface area contributed by atoms with E-state index in [1.165, 1.54) is 58.3 Å². The molecule has 3 unspecified atom stereocenters. The fraction of sp³-hybridized carbons (Fsp3) is 0.818. The van der Waals surface area contributed by atoms with Crippen molar-refractivity contribution in [1.82, 2.24) is 25.3 Å². The molecule has 2 N–H and O–H groups in total. The molecule has 0 radical (unpaired) electrons. The molecule has 3 aliphatic heterocycles. The number of ether oxygens (including phenoxy) is 2. The third-order valence-electron chi connectivity index (χ3n) is 10.5. The minimum absolute atomic E-state index is 0.0491. The number of H-pyrrole nitrogens is 1. The second kappa shape index (κ2) is 15.5. The summed E-state index contributed by atoms with van der Waals surface area (Å²) >= 11 is 0. The Bertz CT molecular complexity index is 1250. The summed E-state index contributed by atoms with van der Waals surface area (Å²) in [6, 6.07) is 2.79. The van der Waals surface area contributed by atoms with Crippen molar-refractivity contribution in [3.05, 3.63) is 22.1 Å². The third-order valence-corrected chi connectivity index (χ3v) is 10.5. The Hall–Kier alpha value is -2.69. The van der Waals surface area contributed by atoms with Crippen molar-refractivity contribution in [1.29, 1.82) is 5.26 Å². The number of piperidine rings is 2. The highest BCUT2D eigenvalue weighted by molar-refractivity contribution is 5.83. The maximum atomic E-state index is 13.3. The first-order valence-electron chi connectivity index (χ1n) is 17.3. The van der Waals surface area contributed by atoms with Crippen molar-refractivity contribution in [2.24, 2.45) is 5.92 Å². The zero-order chi connectivity index (χ0) is 32.7. The maximum Gasteiger partial charge on any atom is 0.425 e. The summed E-state index contributed by atoms with van der Waals surface area (Å²) in [7, 11) is 0. The molecule has 1 aromatic rings. The Kier molecular flexibility index (Phi) is 11.7. The Morgan fingerprint density at radius 3 is 2.28 bits per heavy atom. The number of nitriles is 1. The largest absolute Gasteiger partial charge is 0.486 e. The molecule has 4 aliphatic rings. The second-order valence-corrected chi connectivity index (χ2v) is 13.7. The van der Waals surface area contributed by atoms with Crippen LogP contribution in [0.25, 0.3) is 0 Å². The summed E-state index contributed by atoms with van der Waals surface area (Å²) in [5.41, 5.74) is -2.94. The molecule has 1 saturated carbocycles. The van der Waals surface area contributed by atoms with Crippen molar-refractivity contribution in [2.75, 3.05) is 26.2 Å². The van der Waals surface area contributed by atoms with Gasteiger partial charge in [0.05, 0.1) is 31.0 Å². The van der Waals surface area contributed by atoms with E-state index >= 15 is 0 Å². The molecule has 0 bridgehead atoms. The van der Waals surface area contributed by atoms with E-state index in [4.69, 9.17) is 9.47 Å². The number of halogens is 3. The van der Waals surface area contributed by atoms with Gasteiger partial charge >= 0.3 is 6.18 Å². The van der Waals surface area contributed by atoms with E-state index in [0.29, 0.717) is 13.0 Å². The number of nitrogens with one attached hydrogen (secondary N) is 2. The van der Waals surface area contributed by atoms with E-state index in [1.807, 2.05) is 4.90 Å². The van der Waals surface area contributed by atoms with Crippen LogP contribution in [0, 0.1) is 17.2 Å². The van der Waals surface area contributed by atoms with Crippen LogP contribution in [0.3, 0.4) is 0 Å². The third kappa shape index (κ3) is 8.23. The lowest BCUT2D eigenvalue weighted by atomic mass is 9.71. The molecule has 5 rings (SSSR count). The molecule has 4 heterocycles. The first-order chi connectivity index (χ1) is 22.1. The lowest BCUT2D eigenvalue weighted by Gasteiger charge is -2.50. The number of carbonyl (C=O) groups excluding carboxylic acids is 1. The predicted octanol–water partition coefficient (Wildman–Crippen LogP) is 5.14. The van der Waals surface area contributed by atoms with Gasteiger partial charge < -0.3 is 14.4 Å². The summed E-state index contributed by atoms with van der Waals surface area (Å²) in [6.45, 7) is 3.75. The van der Waals surface area contributed by atoms with Crippen LogP contribution in [0.5, 0.6) is 5.75 Å². The molecule has 10 nitrogen and oxygen atoms in total. The van der Waals surface area contributed by atoms with Gasteiger partial charge in [0.25, 0.3) is 11.5 Å². The van der Waals surface area contributed by atoms with Gasteiger partial charge in [-0.3, -0.25) is 19.8 Å². The number of nitrogens with zero attached hydrogens (tertiary/aromatic N) is 4. The molecule has 3 saturated heterocycles. The van der Waals surface area contributed by atoms with Crippen LogP contribution >= 0.6 is 0 Å². The highest BCUT2D eigenvalue weighted by Gasteiger charge is 2.46. The van der Waals surface area contributed by atoms with Gasteiger partial charge in [-0.25, -0.2) is 5.10 Å². The number of hydrogen-bond donors (Lipinski definition) is 2. The number of alkyl halides is 3. The Morgan fingerprint density at radius 2 is 1.65 bits per heavy atom. The van der Waals surface area contributed by atoms with Crippen LogP contribution in [0.2, 0.25) is 0 Å². The minimum atomic E-state index is -4.90. The predicted molar refractivity (Wildman–Crippen MR) is 165 cm³/mol. The van der Waals surface area contributed by atoms with Crippen LogP contribution in [0.4, 0.5) is 13.2 Å². The highest BCUT2D eigenvalue weighted by atomic mass is 19.4. The van der Waals surface area contributed by atoms with E-state index in [2.05, 4.69) is 21.4 Å². The molecule has 1 amide bonds. The van der Waals surface area contributed by atoms with Crippen molar-refractivity contribution < 1.29 is 27.4 Å². The zero-order valence-electron chi connectivity index (χ0n) is 27.0. The maximum absolute atomic E-state index is 13.3. The van der Waals surface area contributed by atoms with Gasteiger partial charge in [0, 0.05) is 37.6 Å². The van der Waals surface area contributed by atoms with Gasteiger partial charge in [-0.05, 0) is 45.4 Å². The summed E-state index contributed by atoms with van der Waals surface area (Å²) < 4.78 is 51.2. The van der Waals surface area contributed by atoms with E-state index in [9.17, 15) is 28.0 Å². The van der Waals surface area contributed by atoms with Crippen molar-refractivity contribution in [3.63, 3.8) is 0 Å². The number of rotatable bonds is 7. The van der Waals surface area contributed by atoms with Gasteiger partial charge in [0.1, 0.15) is 12.2 Å². The van der Waals surface area contributed by atoms with Crippen LogP contribution in [-0.4, -0.2) is 82.1 Å². The van der Waals surface area contributed by atoms with Crippen molar-refractivity contribution in [3.8, 4) is 11.8 Å². The van der Waals surface area contributed by atoms with Gasteiger partial charge in [0.15, 0.2) is 11.3 Å². The molecule has 4 fully saturated rings. The number of amides is 1. The fourth-order valence-electron chi connectivity index (χ4n) is 8.07. The molecule has 4 atom stereocenters. The summed E-state index contributed by atoms with van der Waals surface area (Å²) in [5, 5.41) is 19.4. The number of hydrogen-bond acceptors (Lipinski definition) is 8. The quantitative estimate of drug-likeness (QED) is 0.416. The van der Waals surface area contributed by atoms with E-state index in [1.54, 1.807) is 5.10 Å². The lowest BCUT2D eigenvalue weighted by Crippen LogP contribution is -2.64. The number of aromatic amines is 1. The zero-order valence-corrected chi connectivity index (χ0v) is 27.0.